The molecule has 0 spiro atoms. The van der Waals surface area contributed by atoms with Gasteiger partial charge in [-0.15, -0.1) is 0 Å². The predicted molar refractivity (Wildman–Crippen MR) is 185 cm³/mol. The Kier molecular flexibility index (Phi) is 8.81. The Labute approximate surface area is 253 Å². The number of rotatable bonds is 6. The van der Waals surface area contributed by atoms with E-state index in [2.05, 4.69) is 172 Å². The van der Waals surface area contributed by atoms with Gasteiger partial charge in [0.2, 0.25) is 0 Å². The molecule has 6 rings (SSSR count). The number of hydrogen-bond acceptors (Lipinski definition) is 1. The van der Waals surface area contributed by atoms with Gasteiger partial charge in [0.1, 0.15) is 12.4 Å². The van der Waals surface area contributed by atoms with E-state index in [-0.39, 0.29) is 5.41 Å². The summed E-state index contributed by atoms with van der Waals surface area (Å²) >= 11 is 0. The molecule has 0 aromatic heterocycles. The second-order valence-electron chi connectivity index (χ2n) is 11.1. The van der Waals surface area contributed by atoms with Gasteiger partial charge in [-0.05, 0) is 54.2 Å². The third-order valence-corrected chi connectivity index (χ3v) is 12.7. The molecule has 0 aliphatic carbocycles. The average Bonchev–Trinajstić information content (AvgIpc) is 3.04. The van der Waals surface area contributed by atoms with Gasteiger partial charge in [-0.2, -0.15) is 0 Å². The molecule has 0 unspecified atom stereocenters. The van der Waals surface area contributed by atoms with Crippen LogP contribution in [-0.4, -0.2) is 6.61 Å². The first-order valence-electron chi connectivity index (χ1n) is 14.5. The van der Waals surface area contributed by atoms with Crippen LogP contribution in [0.15, 0.2) is 163 Å². The van der Waals surface area contributed by atoms with Gasteiger partial charge in [-0.25, -0.2) is 0 Å². The number of fused-ring (bicyclic) bond motifs is 1. The van der Waals surface area contributed by atoms with E-state index in [1.165, 1.54) is 37.4 Å². The van der Waals surface area contributed by atoms with E-state index in [1.54, 1.807) is 0 Å². The van der Waals surface area contributed by atoms with Gasteiger partial charge in [0.05, 0.1) is 0 Å². The van der Waals surface area contributed by atoms with Crippen molar-refractivity contribution in [1.29, 1.82) is 0 Å². The number of hydrogen-bond donors (Lipinski definition) is 0. The van der Waals surface area contributed by atoms with Crippen molar-refractivity contribution >= 4 is 42.4 Å². The summed E-state index contributed by atoms with van der Waals surface area (Å²) in [5, 5.41) is 7.92. The minimum atomic E-state index is -0.812. The van der Waals surface area contributed by atoms with Crippen LogP contribution in [0.4, 0.5) is 0 Å². The Morgan fingerprint density at radius 2 is 1.02 bits per heavy atom. The Hall–Kier alpha value is -3.76. The highest BCUT2D eigenvalue weighted by molar-refractivity contribution is 7.80. The van der Waals surface area contributed by atoms with Gasteiger partial charge < -0.3 is 4.74 Å². The molecule has 1 nitrogen and oxygen atoms in total. The van der Waals surface area contributed by atoms with Crippen LogP contribution in [0.3, 0.4) is 0 Å². The van der Waals surface area contributed by atoms with Crippen LogP contribution < -0.4 is 31.3 Å². The van der Waals surface area contributed by atoms with Crippen LogP contribution in [0.5, 0.6) is 5.75 Å². The molecule has 1 heterocycles. The number of benzene rings is 5. The van der Waals surface area contributed by atoms with E-state index >= 15 is 0 Å². The lowest BCUT2D eigenvalue weighted by molar-refractivity contribution is 0.347. The van der Waals surface area contributed by atoms with E-state index in [9.17, 15) is 0 Å². The molecule has 0 N–H and O–H groups in total. The maximum atomic E-state index is 7.12. The van der Waals surface area contributed by atoms with Gasteiger partial charge in [0.25, 0.3) is 0 Å². The summed E-state index contributed by atoms with van der Waals surface area (Å²) in [4.78, 5) is 0. The second kappa shape index (κ2) is 13.0. The Morgan fingerprint density at radius 1 is 0.548 bits per heavy atom. The molecule has 0 saturated heterocycles. The number of ether oxygens (including phenoxy) is 1. The molecule has 208 valence electrons. The van der Waals surface area contributed by atoms with Crippen LogP contribution in [0, 0.1) is 0 Å². The highest BCUT2D eigenvalue weighted by atomic mass is 31.1. The van der Waals surface area contributed by atoms with E-state index < -0.39 is 15.8 Å². The fourth-order valence-electron chi connectivity index (χ4n) is 5.59. The van der Waals surface area contributed by atoms with Gasteiger partial charge in [-0.1, -0.05) is 172 Å². The van der Waals surface area contributed by atoms with Crippen LogP contribution in [0.2, 0.25) is 0 Å². The normalized spacial score (nSPS) is 16.6. The van der Waals surface area contributed by atoms with Gasteiger partial charge in [-0.3, -0.25) is 0 Å². The van der Waals surface area contributed by atoms with Crippen molar-refractivity contribution in [3.05, 3.63) is 169 Å². The fourth-order valence-corrected chi connectivity index (χ4v) is 10.3. The van der Waals surface area contributed by atoms with Crippen LogP contribution in [0.25, 0.3) is 0 Å². The summed E-state index contributed by atoms with van der Waals surface area (Å²) in [6.45, 7) is 5.21. The molecule has 0 amide bonds. The zero-order chi connectivity index (χ0) is 28.8. The summed E-state index contributed by atoms with van der Waals surface area (Å²) in [6.07, 6.45) is 7.83. The molecule has 42 heavy (non-hydrogen) atoms. The summed E-state index contributed by atoms with van der Waals surface area (Å²) in [5.41, 5.74) is 1.19. The minimum Gasteiger partial charge on any atom is -0.488 e. The zero-order valence-electron chi connectivity index (χ0n) is 24.2. The van der Waals surface area contributed by atoms with Crippen LogP contribution in [0.1, 0.15) is 25.8 Å². The van der Waals surface area contributed by atoms with E-state index in [0.717, 1.165) is 12.2 Å². The fraction of sp³-hybridized carbons (Fsp3) is 0.128. The van der Waals surface area contributed by atoms with Crippen molar-refractivity contribution in [2.45, 2.75) is 25.7 Å². The van der Waals surface area contributed by atoms with Crippen molar-refractivity contribution in [2.24, 2.45) is 0 Å². The van der Waals surface area contributed by atoms with Crippen molar-refractivity contribution < 1.29 is 4.74 Å². The molecule has 3 heteroatoms. The maximum Gasteiger partial charge on any atom is 0.131 e. The lowest BCUT2D eigenvalue weighted by Crippen LogP contribution is -2.27. The quantitative estimate of drug-likeness (QED) is 0.184. The molecule has 0 saturated carbocycles. The topological polar surface area (TPSA) is 9.23 Å². The summed E-state index contributed by atoms with van der Waals surface area (Å²) in [7, 11) is -1.57. The molecular weight excluding hydrogens is 546 g/mol. The van der Waals surface area contributed by atoms with Crippen LogP contribution >= 0.6 is 15.8 Å². The predicted octanol–water partition coefficient (Wildman–Crippen LogP) is 8.08. The zero-order valence-corrected chi connectivity index (χ0v) is 26.0. The first-order valence-corrected chi connectivity index (χ1v) is 17.2. The summed E-state index contributed by atoms with van der Waals surface area (Å²) in [6, 6.07) is 50.5. The third kappa shape index (κ3) is 6.19. The smallest absolute Gasteiger partial charge is 0.131 e. The summed E-state index contributed by atoms with van der Waals surface area (Å²) < 4.78 is 7.12. The first kappa shape index (κ1) is 28.4. The van der Waals surface area contributed by atoms with Crippen molar-refractivity contribution in [3.63, 3.8) is 0 Å². The van der Waals surface area contributed by atoms with Crippen molar-refractivity contribution in [3.8, 4) is 5.75 Å². The largest absolute Gasteiger partial charge is 0.488 e. The molecular formula is C39H36OP2. The second-order valence-corrected chi connectivity index (χ2v) is 15.6. The van der Waals surface area contributed by atoms with E-state index in [1.807, 2.05) is 0 Å². The van der Waals surface area contributed by atoms with Crippen molar-refractivity contribution in [1.82, 2.24) is 0 Å². The van der Waals surface area contributed by atoms with E-state index in [4.69, 9.17) is 4.74 Å². The lowest BCUT2D eigenvalue weighted by atomic mass is 9.81. The van der Waals surface area contributed by atoms with Gasteiger partial charge >= 0.3 is 0 Å². The van der Waals surface area contributed by atoms with Gasteiger partial charge in [0, 0.05) is 10.9 Å². The summed E-state index contributed by atoms with van der Waals surface area (Å²) in [5.74, 6) is 1.04. The molecule has 0 radical (unpaired) electrons. The minimum absolute atomic E-state index is 0.0782. The number of allylic oxidation sites excluding steroid dienone is 3. The molecule has 0 fully saturated rings. The van der Waals surface area contributed by atoms with E-state index in [0.29, 0.717) is 6.61 Å². The third-order valence-electron chi connectivity index (χ3n) is 7.73. The standard InChI is InChI=1S/C39H36OP2/c1-39(2)29-16-15-26-35(41(31-18-7-3-8-19-31)32-20-9-4-10-21-32)30-40-38-36(39)27-17-28-37(38)42(33-22-11-5-12-23-33)34-24-13-6-14-25-34/h3-28H,29-30H2,1-2H3/b16-15-,35-26+. The maximum absolute atomic E-state index is 7.12. The van der Waals surface area contributed by atoms with Crippen LogP contribution in [-0.2, 0) is 5.41 Å². The molecule has 0 bridgehead atoms. The number of para-hydroxylation sites is 1. The highest BCUT2D eigenvalue weighted by Crippen LogP contribution is 2.46. The lowest BCUT2D eigenvalue weighted by Gasteiger charge is -2.32. The monoisotopic (exact) mass is 582 g/mol. The van der Waals surface area contributed by atoms with Crippen molar-refractivity contribution in [2.75, 3.05) is 6.61 Å². The Bertz CT molecular complexity index is 1580. The first-order chi connectivity index (χ1) is 20.6. The highest BCUT2D eigenvalue weighted by Gasteiger charge is 2.30. The average molecular weight is 583 g/mol. The molecule has 0 atom stereocenters. The molecule has 5 aromatic rings. The van der Waals surface area contributed by atoms with Gasteiger partial charge in [0.15, 0.2) is 0 Å². The molecule has 1 aliphatic heterocycles. The SMILES string of the molecule is CC1(C)C/C=C\C=C(\P(c2ccccc2)c2ccccc2)COc2c(P(c3ccccc3)c3ccccc3)cccc21. The molecule has 5 aromatic carbocycles. The Balaban J connectivity index is 1.50. The molecule has 1 aliphatic rings. The Morgan fingerprint density at radius 3 is 1.52 bits per heavy atom.